The number of rotatable bonds is 2. The SMILES string of the molecule is Cc1cc(-c2ncc3ccccc3n2)ccc1-c1ccccc1. The molecule has 2 nitrogen and oxygen atoms in total. The van der Waals surface area contributed by atoms with Crippen molar-refractivity contribution < 1.29 is 0 Å². The molecule has 0 N–H and O–H groups in total. The van der Waals surface area contributed by atoms with E-state index in [2.05, 4.69) is 59.4 Å². The van der Waals surface area contributed by atoms with Gasteiger partial charge in [0.05, 0.1) is 5.52 Å². The second kappa shape index (κ2) is 5.65. The summed E-state index contributed by atoms with van der Waals surface area (Å²) in [6.45, 7) is 2.13. The predicted molar refractivity (Wildman–Crippen MR) is 95.1 cm³/mol. The Bertz CT molecular complexity index is 975. The lowest BCUT2D eigenvalue weighted by Crippen LogP contribution is -1.91. The summed E-state index contributed by atoms with van der Waals surface area (Å²) in [6, 6.07) is 24.9. The van der Waals surface area contributed by atoms with Crippen molar-refractivity contribution in [2.75, 3.05) is 0 Å². The average Bonchev–Trinajstić information content (AvgIpc) is 2.62. The van der Waals surface area contributed by atoms with Gasteiger partial charge in [-0.1, -0.05) is 60.7 Å². The molecule has 3 aromatic carbocycles. The van der Waals surface area contributed by atoms with E-state index in [0.29, 0.717) is 0 Å². The number of fused-ring (bicyclic) bond motifs is 1. The van der Waals surface area contributed by atoms with E-state index in [4.69, 9.17) is 0 Å². The molecule has 0 amide bonds. The third kappa shape index (κ3) is 2.59. The Morgan fingerprint density at radius 3 is 2.35 bits per heavy atom. The second-order valence-corrected chi connectivity index (χ2v) is 5.65. The van der Waals surface area contributed by atoms with Gasteiger partial charge in [0.15, 0.2) is 5.82 Å². The van der Waals surface area contributed by atoms with Crippen molar-refractivity contribution >= 4 is 10.9 Å². The minimum Gasteiger partial charge on any atom is -0.236 e. The van der Waals surface area contributed by atoms with Gasteiger partial charge < -0.3 is 0 Å². The fourth-order valence-corrected chi connectivity index (χ4v) is 2.86. The number of nitrogens with zero attached hydrogens (tertiary/aromatic N) is 2. The normalized spacial score (nSPS) is 10.8. The van der Waals surface area contributed by atoms with Gasteiger partial charge in [-0.25, -0.2) is 9.97 Å². The van der Waals surface area contributed by atoms with E-state index in [1.807, 2.05) is 36.5 Å². The highest BCUT2D eigenvalue weighted by molar-refractivity contribution is 5.80. The summed E-state index contributed by atoms with van der Waals surface area (Å²) in [5, 5.41) is 1.06. The van der Waals surface area contributed by atoms with E-state index in [1.54, 1.807) is 0 Å². The molecule has 0 radical (unpaired) electrons. The largest absolute Gasteiger partial charge is 0.236 e. The third-order valence-corrected chi connectivity index (χ3v) is 4.06. The van der Waals surface area contributed by atoms with Crippen molar-refractivity contribution in [2.45, 2.75) is 6.92 Å². The van der Waals surface area contributed by atoms with Crippen molar-refractivity contribution in [3.8, 4) is 22.5 Å². The van der Waals surface area contributed by atoms with Crippen LogP contribution in [0, 0.1) is 6.92 Å². The highest BCUT2D eigenvalue weighted by atomic mass is 14.9. The van der Waals surface area contributed by atoms with Crippen molar-refractivity contribution in [2.24, 2.45) is 0 Å². The number of aromatic nitrogens is 2. The van der Waals surface area contributed by atoms with E-state index in [0.717, 1.165) is 22.3 Å². The molecule has 0 aliphatic heterocycles. The van der Waals surface area contributed by atoms with Crippen LogP contribution in [0.5, 0.6) is 0 Å². The zero-order valence-corrected chi connectivity index (χ0v) is 12.9. The molecule has 0 spiro atoms. The minimum absolute atomic E-state index is 0.770. The highest BCUT2D eigenvalue weighted by Crippen LogP contribution is 2.27. The van der Waals surface area contributed by atoms with Crippen molar-refractivity contribution in [1.29, 1.82) is 0 Å². The average molecular weight is 296 g/mol. The third-order valence-electron chi connectivity index (χ3n) is 4.06. The Morgan fingerprint density at radius 1 is 0.739 bits per heavy atom. The number of para-hydroxylation sites is 1. The summed E-state index contributed by atoms with van der Waals surface area (Å²) in [4.78, 5) is 9.19. The summed E-state index contributed by atoms with van der Waals surface area (Å²) in [6.07, 6.45) is 1.89. The first-order valence-corrected chi connectivity index (χ1v) is 7.69. The number of hydrogen-bond acceptors (Lipinski definition) is 2. The van der Waals surface area contributed by atoms with E-state index in [9.17, 15) is 0 Å². The van der Waals surface area contributed by atoms with Crippen LogP contribution in [-0.2, 0) is 0 Å². The Balaban J connectivity index is 1.78. The molecule has 0 saturated carbocycles. The topological polar surface area (TPSA) is 25.8 Å². The molecule has 1 heterocycles. The van der Waals surface area contributed by atoms with Gasteiger partial charge in [-0.15, -0.1) is 0 Å². The van der Waals surface area contributed by atoms with Crippen molar-refractivity contribution in [1.82, 2.24) is 9.97 Å². The Hall–Kier alpha value is -3.00. The summed E-state index contributed by atoms with van der Waals surface area (Å²) < 4.78 is 0. The lowest BCUT2D eigenvalue weighted by molar-refractivity contribution is 1.22. The molecule has 1 aromatic heterocycles. The fraction of sp³-hybridized carbons (Fsp3) is 0.0476. The van der Waals surface area contributed by atoms with Crippen LogP contribution in [0.4, 0.5) is 0 Å². The van der Waals surface area contributed by atoms with Gasteiger partial charge in [-0.05, 0) is 35.7 Å². The molecule has 110 valence electrons. The first-order valence-electron chi connectivity index (χ1n) is 7.69. The van der Waals surface area contributed by atoms with Crippen LogP contribution < -0.4 is 0 Å². The summed E-state index contributed by atoms with van der Waals surface area (Å²) in [5.74, 6) is 0.770. The molecule has 4 rings (SSSR count). The van der Waals surface area contributed by atoms with Gasteiger partial charge >= 0.3 is 0 Å². The van der Waals surface area contributed by atoms with Crippen molar-refractivity contribution in [3.63, 3.8) is 0 Å². The van der Waals surface area contributed by atoms with Crippen LogP contribution >= 0.6 is 0 Å². The first kappa shape index (κ1) is 13.6. The Kier molecular flexibility index (Phi) is 3.35. The first-order chi connectivity index (χ1) is 11.3. The minimum atomic E-state index is 0.770. The Labute approximate surface area is 135 Å². The van der Waals surface area contributed by atoms with Gasteiger partial charge in [0.25, 0.3) is 0 Å². The van der Waals surface area contributed by atoms with Crippen LogP contribution in [0.25, 0.3) is 33.4 Å². The molecule has 4 aromatic rings. The van der Waals surface area contributed by atoms with Crippen LogP contribution in [0.15, 0.2) is 79.0 Å². The van der Waals surface area contributed by atoms with Gasteiger partial charge in [0.1, 0.15) is 0 Å². The number of hydrogen-bond donors (Lipinski definition) is 0. The standard InChI is InChI=1S/C21H16N2/c1-15-13-17(11-12-19(15)16-7-3-2-4-8-16)21-22-14-18-9-5-6-10-20(18)23-21/h2-14H,1H3. The monoisotopic (exact) mass is 296 g/mol. The smallest absolute Gasteiger partial charge is 0.159 e. The molecule has 23 heavy (non-hydrogen) atoms. The number of aryl methyl sites for hydroxylation is 1. The molecule has 0 bridgehead atoms. The molecule has 0 aliphatic carbocycles. The van der Waals surface area contributed by atoms with E-state index in [-0.39, 0.29) is 0 Å². The van der Waals surface area contributed by atoms with Crippen LogP contribution in [-0.4, -0.2) is 9.97 Å². The quantitative estimate of drug-likeness (QED) is 0.503. The Morgan fingerprint density at radius 2 is 1.52 bits per heavy atom. The molecular weight excluding hydrogens is 280 g/mol. The summed E-state index contributed by atoms with van der Waals surface area (Å²) in [7, 11) is 0. The second-order valence-electron chi connectivity index (χ2n) is 5.65. The van der Waals surface area contributed by atoms with Crippen LogP contribution in [0.3, 0.4) is 0 Å². The van der Waals surface area contributed by atoms with Gasteiger partial charge in [-0.2, -0.15) is 0 Å². The predicted octanol–water partition coefficient (Wildman–Crippen LogP) is 5.27. The van der Waals surface area contributed by atoms with Crippen molar-refractivity contribution in [3.05, 3.63) is 84.6 Å². The maximum Gasteiger partial charge on any atom is 0.159 e. The lowest BCUT2D eigenvalue weighted by Gasteiger charge is -2.09. The molecule has 0 fully saturated rings. The van der Waals surface area contributed by atoms with Crippen LogP contribution in [0.1, 0.15) is 5.56 Å². The summed E-state index contributed by atoms with van der Waals surface area (Å²) >= 11 is 0. The molecule has 0 unspecified atom stereocenters. The molecule has 0 aliphatic rings. The lowest BCUT2D eigenvalue weighted by atomic mass is 9.98. The molecule has 2 heteroatoms. The zero-order valence-electron chi connectivity index (χ0n) is 12.9. The van der Waals surface area contributed by atoms with E-state index in [1.165, 1.54) is 16.7 Å². The number of benzene rings is 3. The highest BCUT2D eigenvalue weighted by Gasteiger charge is 2.07. The molecule has 0 saturated heterocycles. The maximum absolute atomic E-state index is 4.68. The summed E-state index contributed by atoms with van der Waals surface area (Å²) in [5.41, 5.74) is 5.73. The van der Waals surface area contributed by atoms with E-state index >= 15 is 0 Å². The molecule has 0 atom stereocenters. The van der Waals surface area contributed by atoms with E-state index < -0.39 is 0 Å². The van der Waals surface area contributed by atoms with Crippen LogP contribution in [0.2, 0.25) is 0 Å². The molecular formula is C21H16N2. The van der Waals surface area contributed by atoms with Gasteiger partial charge in [0.2, 0.25) is 0 Å². The fourth-order valence-electron chi connectivity index (χ4n) is 2.86. The van der Waals surface area contributed by atoms with Gasteiger partial charge in [-0.3, -0.25) is 0 Å². The zero-order chi connectivity index (χ0) is 15.6. The van der Waals surface area contributed by atoms with Gasteiger partial charge in [0, 0.05) is 17.1 Å². The maximum atomic E-state index is 4.68.